The lowest BCUT2D eigenvalue weighted by Gasteiger charge is -2.45. The van der Waals surface area contributed by atoms with Gasteiger partial charge in [0.2, 0.25) is 0 Å². The molecule has 104 valence electrons. The Labute approximate surface area is 112 Å². The van der Waals surface area contributed by atoms with Crippen molar-refractivity contribution in [1.82, 2.24) is 5.32 Å². The van der Waals surface area contributed by atoms with Crippen LogP contribution >= 0.6 is 0 Å². The molecule has 0 bridgehead atoms. The highest BCUT2D eigenvalue weighted by molar-refractivity contribution is 5.00. The summed E-state index contributed by atoms with van der Waals surface area (Å²) < 4.78 is 6.36. The van der Waals surface area contributed by atoms with Crippen molar-refractivity contribution in [3.8, 4) is 0 Å². The van der Waals surface area contributed by atoms with E-state index in [-0.39, 0.29) is 5.60 Å². The van der Waals surface area contributed by atoms with Crippen molar-refractivity contribution in [2.45, 2.75) is 76.9 Å². The zero-order chi connectivity index (χ0) is 12.6. The average Bonchev–Trinajstić information content (AvgIpc) is 3.13. The predicted molar refractivity (Wildman–Crippen MR) is 74.7 cm³/mol. The highest BCUT2D eigenvalue weighted by Gasteiger charge is 2.45. The Morgan fingerprint density at radius 3 is 2.72 bits per heavy atom. The van der Waals surface area contributed by atoms with Crippen molar-refractivity contribution in [3.63, 3.8) is 0 Å². The lowest BCUT2D eigenvalue weighted by molar-refractivity contribution is -0.110. The first-order valence-corrected chi connectivity index (χ1v) is 7.97. The Morgan fingerprint density at radius 1 is 1.11 bits per heavy atom. The van der Waals surface area contributed by atoms with E-state index in [0.717, 1.165) is 19.1 Å². The van der Waals surface area contributed by atoms with Crippen LogP contribution < -0.4 is 5.32 Å². The quantitative estimate of drug-likeness (QED) is 0.811. The molecule has 1 saturated heterocycles. The smallest absolute Gasteiger partial charge is 0.0835 e. The lowest BCUT2D eigenvalue weighted by Crippen LogP contribution is -2.58. The van der Waals surface area contributed by atoms with Crippen molar-refractivity contribution < 1.29 is 4.74 Å². The molecule has 3 fully saturated rings. The van der Waals surface area contributed by atoms with E-state index in [9.17, 15) is 0 Å². The number of hydrogen-bond acceptors (Lipinski definition) is 2. The van der Waals surface area contributed by atoms with Crippen LogP contribution in [-0.4, -0.2) is 24.8 Å². The number of morpholine rings is 1. The molecule has 1 aliphatic heterocycles. The summed E-state index contributed by atoms with van der Waals surface area (Å²) >= 11 is 0. The Kier molecular flexibility index (Phi) is 3.44. The topological polar surface area (TPSA) is 21.3 Å². The molecule has 1 heterocycles. The highest BCUT2D eigenvalue weighted by atomic mass is 16.5. The highest BCUT2D eigenvalue weighted by Crippen LogP contribution is 2.45. The van der Waals surface area contributed by atoms with Crippen LogP contribution in [0.25, 0.3) is 0 Å². The molecule has 0 aromatic rings. The van der Waals surface area contributed by atoms with Gasteiger partial charge in [0, 0.05) is 12.6 Å². The number of hydrogen-bond donors (Lipinski definition) is 1. The summed E-state index contributed by atoms with van der Waals surface area (Å²) in [5.74, 6) is 0.998. The zero-order valence-electron chi connectivity index (χ0n) is 12.1. The minimum atomic E-state index is 0.175. The molecule has 2 saturated carbocycles. The molecule has 3 aliphatic rings. The second-order valence-electron chi connectivity index (χ2n) is 7.62. The van der Waals surface area contributed by atoms with E-state index in [1.54, 1.807) is 0 Å². The van der Waals surface area contributed by atoms with Crippen molar-refractivity contribution in [2.24, 2.45) is 11.3 Å². The van der Waals surface area contributed by atoms with Gasteiger partial charge in [-0.2, -0.15) is 0 Å². The molecule has 3 rings (SSSR count). The molecule has 0 radical (unpaired) electrons. The number of ether oxygens (including phenoxy) is 1. The van der Waals surface area contributed by atoms with E-state index in [4.69, 9.17) is 4.74 Å². The van der Waals surface area contributed by atoms with Gasteiger partial charge in [-0.1, -0.05) is 26.7 Å². The van der Waals surface area contributed by atoms with Gasteiger partial charge in [0.25, 0.3) is 0 Å². The van der Waals surface area contributed by atoms with Gasteiger partial charge in [-0.25, -0.2) is 0 Å². The molecule has 0 aromatic heterocycles. The lowest BCUT2D eigenvalue weighted by atomic mass is 9.80. The van der Waals surface area contributed by atoms with Gasteiger partial charge in [-0.3, -0.25) is 0 Å². The summed E-state index contributed by atoms with van der Waals surface area (Å²) in [6.45, 7) is 6.83. The van der Waals surface area contributed by atoms with Crippen LogP contribution in [0.15, 0.2) is 0 Å². The van der Waals surface area contributed by atoms with Crippen LogP contribution in [0.1, 0.15) is 65.2 Å². The first kappa shape index (κ1) is 12.9. The predicted octanol–water partition coefficient (Wildman–Crippen LogP) is 3.50. The van der Waals surface area contributed by atoms with Crippen molar-refractivity contribution in [2.75, 3.05) is 13.2 Å². The Bertz CT molecular complexity index is 297. The van der Waals surface area contributed by atoms with Gasteiger partial charge in [0.1, 0.15) is 0 Å². The van der Waals surface area contributed by atoms with Crippen molar-refractivity contribution >= 4 is 0 Å². The van der Waals surface area contributed by atoms with Crippen LogP contribution in [0.4, 0.5) is 0 Å². The van der Waals surface area contributed by atoms with Gasteiger partial charge >= 0.3 is 0 Å². The molecular formula is C16H29NO. The fourth-order valence-corrected chi connectivity index (χ4v) is 3.92. The third-order valence-corrected chi connectivity index (χ3v) is 5.46. The minimum absolute atomic E-state index is 0.175. The van der Waals surface area contributed by atoms with Crippen molar-refractivity contribution in [1.29, 1.82) is 0 Å². The number of rotatable bonds is 2. The molecule has 2 atom stereocenters. The molecule has 0 aromatic carbocycles. The van der Waals surface area contributed by atoms with E-state index in [1.807, 2.05) is 0 Å². The molecule has 2 nitrogen and oxygen atoms in total. The standard InChI is InChI=1S/C16H29NO/c1-15(2)6-3-7-16(9-8-15)14(12-13-4-5-13)17-10-11-18-16/h13-14,17H,3-12H2,1-2H3. The van der Waals surface area contributed by atoms with Crippen LogP contribution in [-0.2, 0) is 4.74 Å². The summed E-state index contributed by atoms with van der Waals surface area (Å²) in [6, 6.07) is 0.632. The summed E-state index contributed by atoms with van der Waals surface area (Å²) in [6.07, 6.45) is 10.9. The maximum absolute atomic E-state index is 6.36. The SMILES string of the molecule is CC1(C)CCCC2(CC1)OCCNC2CC1CC1. The maximum atomic E-state index is 6.36. The molecular weight excluding hydrogens is 222 g/mol. The fourth-order valence-electron chi connectivity index (χ4n) is 3.92. The van der Waals surface area contributed by atoms with E-state index in [0.29, 0.717) is 11.5 Å². The van der Waals surface area contributed by atoms with Gasteiger partial charge in [0.05, 0.1) is 12.2 Å². The van der Waals surface area contributed by atoms with Gasteiger partial charge in [0.15, 0.2) is 0 Å². The Morgan fingerprint density at radius 2 is 1.94 bits per heavy atom. The summed E-state index contributed by atoms with van der Waals surface area (Å²) in [5, 5.41) is 3.78. The van der Waals surface area contributed by atoms with E-state index in [1.165, 1.54) is 51.4 Å². The molecule has 1 spiro atoms. The second kappa shape index (κ2) is 4.79. The van der Waals surface area contributed by atoms with Gasteiger partial charge < -0.3 is 10.1 Å². The van der Waals surface area contributed by atoms with Crippen LogP contribution in [0.3, 0.4) is 0 Å². The molecule has 2 aliphatic carbocycles. The molecule has 18 heavy (non-hydrogen) atoms. The first-order valence-electron chi connectivity index (χ1n) is 7.97. The summed E-state index contributed by atoms with van der Waals surface area (Å²) in [4.78, 5) is 0. The third-order valence-electron chi connectivity index (χ3n) is 5.46. The zero-order valence-corrected chi connectivity index (χ0v) is 12.1. The monoisotopic (exact) mass is 251 g/mol. The fraction of sp³-hybridized carbons (Fsp3) is 1.00. The minimum Gasteiger partial charge on any atom is -0.372 e. The Balaban J connectivity index is 1.72. The van der Waals surface area contributed by atoms with E-state index >= 15 is 0 Å². The third kappa shape index (κ3) is 2.75. The molecule has 0 amide bonds. The van der Waals surface area contributed by atoms with Crippen molar-refractivity contribution in [3.05, 3.63) is 0 Å². The average molecular weight is 251 g/mol. The van der Waals surface area contributed by atoms with E-state index in [2.05, 4.69) is 19.2 Å². The molecule has 1 N–H and O–H groups in total. The van der Waals surface area contributed by atoms with Crippen LogP contribution in [0, 0.1) is 11.3 Å². The van der Waals surface area contributed by atoms with Crippen LogP contribution in [0.5, 0.6) is 0 Å². The molecule has 2 heteroatoms. The van der Waals surface area contributed by atoms with E-state index < -0.39 is 0 Å². The largest absolute Gasteiger partial charge is 0.372 e. The van der Waals surface area contributed by atoms with Gasteiger partial charge in [-0.05, 0) is 49.9 Å². The summed E-state index contributed by atoms with van der Waals surface area (Å²) in [7, 11) is 0. The second-order valence-corrected chi connectivity index (χ2v) is 7.62. The maximum Gasteiger partial charge on any atom is 0.0835 e. The molecule has 2 unspecified atom stereocenters. The van der Waals surface area contributed by atoms with Crippen LogP contribution in [0.2, 0.25) is 0 Å². The first-order chi connectivity index (χ1) is 8.60. The Hall–Kier alpha value is -0.0800. The van der Waals surface area contributed by atoms with Gasteiger partial charge in [-0.15, -0.1) is 0 Å². The normalized spacial score (nSPS) is 40.7. The summed E-state index contributed by atoms with van der Waals surface area (Å²) in [5.41, 5.74) is 0.697. The number of nitrogens with one attached hydrogen (secondary N) is 1.